The van der Waals surface area contributed by atoms with E-state index in [0.717, 1.165) is 84.0 Å². The number of para-hydroxylation sites is 2. The van der Waals surface area contributed by atoms with Crippen LogP contribution in [0.5, 0.6) is 0 Å². The topological polar surface area (TPSA) is 33.6 Å². The number of benzene rings is 8. The molecule has 0 aliphatic heterocycles. The number of nitriles is 1. The molecule has 0 saturated heterocycles. The van der Waals surface area contributed by atoms with E-state index in [0.29, 0.717) is 11.4 Å². The summed E-state index contributed by atoms with van der Waals surface area (Å²) < 4.78 is 84.6. The van der Waals surface area contributed by atoms with Crippen molar-refractivity contribution in [1.29, 1.82) is 5.26 Å². The number of hydrogen-bond acceptors (Lipinski definition) is 3. The van der Waals surface area contributed by atoms with Gasteiger partial charge in [0, 0.05) is 58.1 Å². The molecular weight excluding hydrogens is 790 g/mol. The Balaban J connectivity index is 1.33. The summed E-state index contributed by atoms with van der Waals surface area (Å²) >= 11 is 3.24. The molecule has 4 aromatic heterocycles. The first-order valence-electron chi connectivity index (χ1n) is 18.6. The highest BCUT2D eigenvalue weighted by molar-refractivity contribution is 7.27. The van der Waals surface area contributed by atoms with Crippen LogP contribution in [0.1, 0.15) is 5.56 Å². The minimum absolute atomic E-state index is 0.269. The number of rotatable bonds is 3. The maximum absolute atomic E-state index is 15.9. The Morgan fingerprint density at radius 1 is 0.424 bits per heavy atom. The van der Waals surface area contributed by atoms with Crippen molar-refractivity contribution in [1.82, 2.24) is 9.13 Å². The van der Waals surface area contributed by atoms with E-state index >= 15 is 17.6 Å². The molecule has 10 heteroatoms. The Bertz CT molecular complexity index is 3850. The summed E-state index contributed by atoms with van der Waals surface area (Å²) in [6.45, 7) is 0. The third-order valence-corrected chi connectivity index (χ3v) is 13.9. The van der Waals surface area contributed by atoms with Crippen LogP contribution in [0.4, 0.5) is 22.0 Å². The van der Waals surface area contributed by atoms with Gasteiger partial charge in [0.05, 0.1) is 60.0 Å². The molecule has 0 radical (unpaired) electrons. The minimum atomic E-state index is -2.27. The summed E-state index contributed by atoms with van der Waals surface area (Å²) in [4.78, 5) is 0. The van der Waals surface area contributed by atoms with Crippen LogP contribution >= 0.6 is 22.7 Å². The smallest absolute Gasteiger partial charge is 0.200 e. The summed E-state index contributed by atoms with van der Waals surface area (Å²) in [5, 5.41) is 18.6. The lowest BCUT2D eigenvalue weighted by Gasteiger charge is -2.20. The maximum Gasteiger partial charge on any atom is 0.200 e. The van der Waals surface area contributed by atoms with Gasteiger partial charge in [0.15, 0.2) is 23.3 Å². The van der Waals surface area contributed by atoms with Gasteiger partial charge in [-0.05, 0) is 36.4 Å². The molecule has 3 nitrogen and oxygen atoms in total. The first kappa shape index (κ1) is 34.0. The Morgan fingerprint density at radius 3 is 1.32 bits per heavy atom. The molecule has 0 amide bonds. The minimum Gasteiger partial charge on any atom is -0.306 e. The van der Waals surface area contributed by atoms with Crippen LogP contribution in [0.2, 0.25) is 0 Å². The second kappa shape index (κ2) is 12.2. The SMILES string of the molecule is N#Cc1cc(-n2c3ccccc3c3ccc4c5ccccc5sc4c32)c(-n2c3ccccc3c3ccc4c5ccccc5sc4c32)cc1-c1c(F)c(F)c(F)c(F)c1F. The zero-order valence-corrected chi connectivity index (χ0v) is 31.9. The molecule has 0 aliphatic rings. The standard InChI is InChI=1S/C49H22F5N3S2/c50-41-40(42(51)44(53)45(54)43(41)52)33-22-37(57-35-14-6-2-10-26(35)30-18-20-32-28-12-4-8-16-39(28)59-49(32)47(30)57)36(21-24(33)23-55)56-34-13-5-1-9-25(34)29-17-19-31-27-11-3-7-15-38(27)58-48(31)46(29)56/h1-22H. The lowest BCUT2D eigenvalue weighted by molar-refractivity contribution is 0.381. The lowest BCUT2D eigenvalue weighted by Crippen LogP contribution is -2.08. The second-order valence-corrected chi connectivity index (χ2v) is 16.6. The van der Waals surface area contributed by atoms with Crippen LogP contribution in [-0.4, -0.2) is 9.13 Å². The molecule has 12 aromatic rings. The number of thiophene rings is 2. The number of aromatic nitrogens is 2. The lowest BCUT2D eigenvalue weighted by atomic mass is 9.96. The molecule has 0 saturated carbocycles. The van der Waals surface area contributed by atoms with Crippen molar-refractivity contribution in [3.63, 3.8) is 0 Å². The van der Waals surface area contributed by atoms with Crippen molar-refractivity contribution in [3.8, 4) is 28.6 Å². The van der Waals surface area contributed by atoms with E-state index in [1.54, 1.807) is 22.7 Å². The van der Waals surface area contributed by atoms with Gasteiger partial charge in [-0.3, -0.25) is 0 Å². The third kappa shape index (κ3) is 4.48. The monoisotopic (exact) mass is 811 g/mol. The zero-order chi connectivity index (χ0) is 39.8. The van der Waals surface area contributed by atoms with E-state index in [1.165, 1.54) is 12.1 Å². The molecular formula is C49H22F5N3S2. The van der Waals surface area contributed by atoms with Crippen molar-refractivity contribution in [2.24, 2.45) is 0 Å². The quantitative estimate of drug-likeness (QED) is 0.0994. The Hall–Kier alpha value is -7.06. The Morgan fingerprint density at radius 2 is 0.831 bits per heavy atom. The van der Waals surface area contributed by atoms with Crippen molar-refractivity contribution in [2.75, 3.05) is 0 Å². The van der Waals surface area contributed by atoms with E-state index in [-0.39, 0.29) is 5.56 Å². The Kier molecular flexibility index (Phi) is 7.05. The van der Waals surface area contributed by atoms with E-state index < -0.39 is 40.2 Å². The second-order valence-electron chi connectivity index (χ2n) is 14.5. The fraction of sp³-hybridized carbons (Fsp3) is 0. The van der Waals surface area contributed by atoms with Crippen LogP contribution in [0.15, 0.2) is 133 Å². The van der Waals surface area contributed by atoms with E-state index in [1.807, 2.05) is 77.4 Å². The molecule has 0 spiro atoms. The fourth-order valence-electron chi connectivity index (χ4n) is 9.04. The summed E-state index contributed by atoms with van der Waals surface area (Å²) in [5.41, 5.74) is 2.18. The van der Waals surface area contributed by atoms with E-state index in [2.05, 4.69) is 59.2 Å². The van der Waals surface area contributed by atoms with Gasteiger partial charge in [0.2, 0.25) is 5.82 Å². The molecule has 8 aromatic carbocycles. The highest BCUT2D eigenvalue weighted by Gasteiger charge is 2.31. The third-order valence-electron chi connectivity index (χ3n) is 11.6. The van der Waals surface area contributed by atoms with Crippen LogP contribution in [0.3, 0.4) is 0 Å². The van der Waals surface area contributed by atoms with Crippen LogP contribution in [-0.2, 0) is 0 Å². The summed E-state index contributed by atoms with van der Waals surface area (Å²) in [5.74, 6) is -10.5. The van der Waals surface area contributed by atoms with E-state index in [9.17, 15) is 9.65 Å². The average molecular weight is 812 g/mol. The van der Waals surface area contributed by atoms with Gasteiger partial charge in [-0.15, -0.1) is 22.7 Å². The predicted octanol–water partition coefficient (Wildman–Crippen LogP) is 14.9. The summed E-state index contributed by atoms with van der Waals surface area (Å²) in [6.07, 6.45) is 0. The number of halogens is 5. The normalized spacial score (nSPS) is 12.1. The molecule has 0 N–H and O–H groups in total. The number of nitrogens with zero attached hydrogens (tertiary/aromatic N) is 3. The molecule has 0 fully saturated rings. The summed E-state index contributed by atoms with van der Waals surface area (Å²) in [7, 11) is 0. The zero-order valence-electron chi connectivity index (χ0n) is 30.2. The molecule has 0 unspecified atom stereocenters. The maximum atomic E-state index is 15.9. The van der Waals surface area contributed by atoms with Crippen molar-refractivity contribution in [2.45, 2.75) is 0 Å². The Labute approximate surface area is 338 Å². The van der Waals surface area contributed by atoms with Gasteiger partial charge in [-0.2, -0.15) is 5.26 Å². The molecule has 59 heavy (non-hydrogen) atoms. The van der Waals surface area contributed by atoms with Crippen molar-refractivity contribution in [3.05, 3.63) is 168 Å². The van der Waals surface area contributed by atoms with Gasteiger partial charge >= 0.3 is 0 Å². The predicted molar refractivity (Wildman–Crippen MR) is 231 cm³/mol. The van der Waals surface area contributed by atoms with Gasteiger partial charge in [0.1, 0.15) is 0 Å². The fourth-order valence-corrected chi connectivity index (χ4v) is 11.5. The van der Waals surface area contributed by atoms with Gasteiger partial charge < -0.3 is 9.13 Å². The van der Waals surface area contributed by atoms with Crippen molar-refractivity contribution < 1.29 is 22.0 Å². The van der Waals surface area contributed by atoms with Crippen LogP contribution in [0, 0.1) is 40.4 Å². The number of fused-ring (bicyclic) bond motifs is 14. The van der Waals surface area contributed by atoms with Crippen molar-refractivity contribution >= 4 is 107 Å². The highest BCUT2D eigenvalue weighted by atomic mass is 32.1. The number of hydrogen-bond donors (Lipinski definition) is 0. The van der Waals surface area contributed by atoms with Crippen LogP contribution in [0.25, 0.3) is 106 Å². The molecule has 12 rings (SSSR count). The first-order valence-corrected chi connectivity index (χ1v) is 20.2. The molecule has 4 heterocycles. The average Bonchev–Trinajstić information content (AvgIpc) is 4.02. The first-order chi connectivity index (χ1) is 28.8. The molecule has 280 valence electrons. The van der Waals surface area contributed by atoms with Crippen LogP contribution < -0.4 is 0 Å². The highest BCUT2D eigenvalue weighted by Crippen LogP contribution is 2.48. The van der Waals surface area contributed by atoms with E-state index in [4.69, 9.17) is 0 Å². The molecule has 0 aliphatic carbocycles. The van der Waals surface area contributed by atoms with Gasteiger partial charge in [-0.25, -0.2) is 22.0 Å². The molecule has 0 atom stereocenters. The van der Waals surface area contributed by atoms with Gasteiger partial charge in [-0.1, -0.05) is 97.1 Å². The van der Waals surface area contributed by atoms with Gasteiger partial charge in [0.25, 0.3) is 0 Å². The largest absolute Gasteiger partial charge is 0.306 e. The summed E-state index contributed by atoms with van der Waals surface area (Å²) in [6, 6.07) is 45.3. The molecule has 0 bridgehead atoms.